The number of ketones is 1. The number of halogens is 1. The molecule has 6 nitrogen and oxygen atoms in total. The highest BCUT2D eigenvalue weighted by atomic mass is 35.5. The number of benzene rings is 2. The molecule has 1 N–H and O–H groups in total. The first-order chi connectivity index (χ1) is 15.3. The van der Waals surface area contributed by atoms with Gasteiger partial charge < -0.3 is 9.84 Å². The minimum absolute atomic E-state index is 0.0117. The van der Waals surface area contributed by atoms with E-state index in [2.05, 4.69) is 4.98 Å². The van der Waals surface area contributed by atoms with Crippen molar-refractivity contribution in [3.8, 4) is 5.75 Å². The van der Waals surface area contributed by atoms with Crippen molar-refractivity contribution in [3.63, 3.8) is 0 Å². The van der Waals surface area contributed by atoms with Gasteiger partial charge in [0.05, 0.1) is 23.7 Å². The Kier molecular flexibility index (Phi) is 5.72. The molecule has 0 aliphatic carbocycles. The molecule has 2 heterocycles. The first-order valence-electron chi connectivity index (χ1n) is 9.95. The van der Waals surface area contributed by atoms with E-state index in [-0.39, 0.29) is 16.4 Å². The number of aryl methyl sites for hydroxylation is 2. The van der Waals surface area contributed by atoms with Crippen molar-refractivity contribution >= 4 is 34.7 Å². The molecule has 1 aliphatic rings. The maximum absolute atomic E-state index is 13.2. The van der Waals surface area contributed by atoms with Crippen LogP contribution in [0.25, 0.3) is 5.76 Å². The van der Waals surface area contributed by atoms with E-state index in [9.17, 15) is 14.7 Å². The van der Waals surface area contributed by atoms with E-state index in [1.165, 1.54) is 18.1 Å². The number of anilines is 1. The average Bonchev–Trinajstić information content (AvgIpc) is 3.04. The number of ether oxygens (including phenoxy) is 1. The van der Waals surface area contributed by atoms with Gasteiger partial charge in [-0.25, -0.2) is 0 Å². The monoisotopic (exact) mass is 448 g/mol. The molecule has 3 aromatic rings. The van der Waals surface area contributed by atoms with Crippen LogP contribution in [0.5, 0.6) is 5.75 Å². The molecule has 0 spiro atoms. The van der Waals surface area contributed by atoms with Crippen LogP contribution in [-0.2, 0) is 9.59 Å². The highest BCUT2D eigenvalue weighted by Gasteiger charge is 2.47. The molecule has 0 bridgehead atoms. The fourth-order valence-corrected chi connectivity index (χ4v) is 4.24. The Labute approximate surface area is 190 Å². The molecule has 32 heavy (non-hydrogen) atoms. The van der Waals surface area contributed by atoms with E-state index in [1.54, 1.807) is 36.7 Å². The molecule has 162 valence electrons. The topological polar surface area (TPSA) is 79.7 Å². The Morgan fingerprint density at radius 1 is 1.06 bits per heavy atom. The predicted molar refractivity (Wildman–Crippen MR) is 123 cm³/mol. The van der Waals surface area contributed by atoms with Gasteiger partial charge in [0.1, 0.15) is 11.5 Å². The van der Waals surface area contributed by atoms with E-state index in [4.69, 9.17) is 16.3 Å². The van der Waals surface area contributed by atoms with Crippen LogP contribution in [-0.4, -0.2) is 28.9 Å². The summed E-state index contributed by atoms with van der Waals surface area (Å²) in [5.41, 5.74) is 3.44. The molecule has 7 heteroatoms. The number of aliphatic hydroxyl groups is 1. The van der Waals surface area contributed by atoms with E-state index in [0.717, 1.165) is 11.1 Å². The third-order valence-electron chi connectivity index (χ3n) is 5.50. The summed E-state index contributed by atoms with van der Waals surface area (Å²) < 4.78 is 5.17. The summed E-state index contributed by atoms with van der Waals surface area (Å²) in [5.74, 6) is -1.34. The molecule has 0 radical (unpaired) electrons. The third kappa shape index (κ3) is 3.63. The molecule has 1 aliphatic heterocycles. The number of rotatable bonds is 4. The van der Waals surface area contributed by atoms with Crippen LogP contribution < -0.4 is 9.64 Å². The molecule has 1 fully saturated rings. The maximum atomic E-state index is 13.2. The molecule has 1 saturated heterocycles. The van der Waals surface area contributed by atoms with Gasteiger partial charge in [0.25, 0.3) is 11.7 Å². The van der Waals surface area contributed by atoms with Crippen LogP contribution in [0.15, 0.2) is 66.5 Å². The number of Topliss-reactive ketones (excluding diaryl/α,β-unsaturated/α-hetero) is 1. The number of hydrogen-bond acceptors (Lipinski definition) is 5. The number of pyridine rings is 1. The standard InChI is InChI=1S/C25H21ClN2O4/c1-14-4-6-19(15(2)12-14)28-22(16-8-10-27-11-9-16)21(24(30)25(28)31)23(29)17-5-7-20(32-3)18(26)13-17/h4-13,22,29H,1-3H3/b23-21+. The van der Waals surface area contributed by atoms with Crippen LogP contribution in [0, 0.1) is 13.8 Å². The van der Waals surface area contributed by atoms with Gasteiger partial charge in [0, 0.05) is 23.6 Å². The molecule has 1 amide bonds. The maximum Gasteiger partial charge on any atom is 0.300 e. The minimum Gasteiger partial charge on any atom is -0.507 e. The van der Waals surface area contributed by atoms with E-state index in [0.29, 0.717) is 22.6 Å². The number of aromatic nitrogens is 1. The summed E-state index contributed by atoms with van der Waals surface area (Å²) in [6.07, 6.45) is 3.17. The number of aliphatic hydroxyl groups excluding tert-OH is 1. The second-order valence-electron chi connectivity index (χ2n) is 7.59. The lowest BCUT2D eigenvalue weighted by atomic mass is 9.95. The molecule has 1 atom stereocenters. The van der Waals surface area contributed by atoms with Crippen LogP contribution in [0.1, 0.15) is 28.3 Å². The summed E-state index contributed by atoms with van der Waals surface area (Å²) in [4.78, 5) is 31.9. The van der Waals surface area contributed by atoms with Crippen molar-refractivity contribution in [2.75, 3.05) is 12.0 Å². The number of nitrogens with zero attached hydrogens (tertiary/aromatic N) is 2. The first-order valence-corrected chi connectivity index (χ1v) is 10.3. The van der Waals surface area contributed by atoms with Gasteiger partial charge in [0.2, 0.25) is 0 Å². The summed E-state index contributed by atoms with van der Waals surface area (Å²) >= 11 is 6.23. The van der Waals surface area contributed by atoms with Gasteiger partial charge in [0.15, 0.2) is 0 Å². The Bertz CT molecular complexity index is 1250. The Balaban J connectivity index is 1.95. The number of methoxy groups -OCH3 is 1. The second kappa shape index (κ2) is 8.48. The molecule has 1 aromatic heterocycles. The Hall–Kier alpha value is -3.64. The van der Waals surface area contributed by atoms with E-state index >= 15 is 0 Å². The van der Waals surface area contributed by atoms with E-state index < -0.39 is 17.7 Å². The van der Waals surface area contributed by atoms with Crippen molar-refractivity contribution in [3.05, 3.63) is 93.8 Å². The summed E-state index contributed by atoms with van der Waals surface area (Å²) in [6.45, 7) is 3.84. The van der Waals surface area contributed by atoms with Gasteiger partial charge in [-0.2, -0.15) is 0 Å². The SMILES string of the molecule is COc1ccc(/C(O)=C2\C(=O)C(=O)N(c3ccc(C)cc3C)C2c2ccncc2)cc1Cl. The molecular weight excluding hydrogens is 428 g/mol. The number of hydrogen-bond donors (Lipinski definition) is 1. The van der Waals surface area contributed by atoms with Gasteiger partial charge in [-0.3, -0.25) is 19.5 Å². The van der Waals surface area contributed by atoms with Crippen molar-refractivity contribution < 1.29 is 19.4 Å². The zero-order valence-corrected chi connectivity index (χ0v) is 18.6. The van der Waals surface area contributed by atoms with Crippen LogP contribution in [0.4, 0.5) is 5.69 Å². The van der Waals surface area contributed by atoms with Crippen LogP contribution in [0.2, 0.25) is 5.02 Å². The third-order valence-corrected chi connectivity index (χ3v) is 5.80. The number of amides is 1. The van der Waals surface area contributed by atoms with Gasteiger partial charge in [-0.05, 0) is 61.4 Å². The molecule has 2 aromatic carbocycles. The Morgan fingerprint density at radius 3 is 2.41 bits per heavy atom. The van der Waals surface area contributed by atoms with Crippen molar-refractivity contribution in [2.45, 2.75) is 19.9 Å². The zero-order valence-electron chi connectivity index (χ0n) is 17.8. The van der Waals surface area contributed by atoms with Gasteiger partial charge in [-0.1, -0.05) is 29.3 Å². The molecule has 0 saturated carbocycles. The van der Waals surface area contributed by atoms with Crippen molar-refractivity contribution in [2.24, 2.45) is 0 Å². The fourth-order valence-electron chi connectivity index (χ4n) is 3.99. The largest absolute Gasteiger partial charge is 0.507 e. The molecule has 1 unspecified atom stereocenters. The minimum atomic E-state index is -0.819. The normalized spacial score (nSPS) is 17.6. The summed E-state index contributed by atoms with van der Waals surface area (Å²) in [6, 6.07) is 13.0. The van der Waals surface area contributed by atoms with Gasteiger partial charge in [-0.15, -0.1) is 0 Å². The van der Waals surface area contributed by atoms with Gasteiger partial charge >= 0.3 is 0 Å². The van der Waals surface area contributed by atoms with Crippen LogP contribution in [0.3, 0.4) is 0 Å². The van der Waals surface area contributed by atoms with Crippen molar-refractivity contribution in [1.82, 2.24) is 4.98 Å². The highest BCUT2D eigenvalue weighted by molar-refractivity contribution is 6.51. The lowest BCUT2D eigenvalue weighted by Crippen LogP contribution is -2.30. The quantitative estimate of drug-likeness (QED) is 0.345. The number of carbonyl (C=O) groups is 2. The smallest absolute Gasteiger partial charge is 0.300 e. The lowest BCUT2D eigenvalue weighted by Gasteiger charge is -2.27. The zero-order chi connectivity index (χ0) is 23.0. The van der Waals surface area contributed by atoms with E-state index in [1.807, 2.05) is 32.0 Å². The lowest BCUT2D eigenvalue weighted by molar-refractivity contribution is -0.132. The fraction of sp³-hybridized carbons (Fsp3) is 0.160. The predicted octanol–water partition coefficient (Wildman–Crippen LogP) is 4.99. The van der Waals surface area contributed by atoms with Crippen LogP contribution >= 0.6 is 11.6 Å². The number of carbonyl (C=O) groups excluding carboxylic acids is 2. The highest BCUT2D eigenvalue weighted by Crippen LogP contribution is 2.43. The first kappa shape index (κ1) is 21.6. The average molecular weight is 449 g/mol. The Morgan fingerprint density at radius 2 is 1.78 bits per heavy atom. The summed E-state index contributed by atoms with van der Waals surface area (Å²) in [7, 11) is 1.49. The molecular formula is C25H21ClN2O4. The van der Waals surface area contributed by atoms with Crippen molar-refractivity contribution in [1.29, 1.82) is 0 Å². The molecule has 4 rings (SSSR count). The summed E-state index contributed by atoms with van der Waals surface area (Å²) in [5, 5.41) is 11.4. The second-order valence-corrected chi connectivity index (χ2v) is 8.00.